The maximum atomic E-state index is 11.1. The van der Waals surface area contributed by atoms with Crippen molar-refractivity contribution in [2.45, 2.75) is 46.2 Å². The first-order chi connectivity index (χ1) is 10.4. The first kappa shape index (κ1) is 16.6. The van der Waals surface area contributed by atoms with Crippen LogP contribution in [0.1, 0.15) is 43.5 Å². The Hall–Kier alpha value is -1.72. The van der Waals surface area contributed by atoms with E-state index in [1.165, 1.54) is 6.92 Å². The molecule has 1 aromatic heterocycles. The van der Waals surface area contributed by atoms with E-state index in [0.29, 0.717) is 0 Å². The number of amides is 1. The largest absolute Gasteiger partial charge is 0.326 e. The third kappa shape index (κ3) is 4.15. The quantitative estimate of drug-likeness (QED) is 0.851. The monoisotopic (exact) mass is 317 g/mol. The molecular weight excluding hydrogens is 294 g/mol. The van der Waals surface area contributed by atoms with Crippen molar-refractivity contribution in [1.82, 2.24) is 10.3 Å². The van der Waals surface area contributed by atoms with Gasteiger partial charge in [0, 0.05) is 30.2 Å². The maximum Gasteiger partial charge on any atom is 0.221 e. The van der Waals surface area contributed by atoms with E-state index in [-0.39, 0.29) is 11.4 Å². The van der Waals surface area contributed by atoms with Crippen molar-refractivity contribution >= 4 is 22.9 Å². The molecule has 0 saturated carbocycles. The van der Waals surface area contributed by atoms with Crippen molar-refractivity contribution in [3.63, 3.8) is 0 Å². The Bertz CT molecular complexity index is 653. The molecular formula is C17H23N3OS. The third-order valence-corrected chi connectivity index (χ3v) is 4.95. The number of aryl methyl sites for hydroxylation is 1. The Morgan fingerprint density at radius 1 is 1.41 bits per heavy atom. The fraction of sp³-hybridized carbons (Fsp3) is 0.412. The van der Waals surface area contributed by atoms with Crippen LogP contribution < -0.4 is 10.6 Å². The number of carbonyl (C=O) groups excluding carboxylic acids is 1. The van der Waals surface area contributed by atoms with E-state index < -0.39 is 0 Å². The number of nitrogens with zero attached hydrogens (tertiary/aromatic N) is 1. The molecule has 1 heterocycles. The minimum absolute atomic E-state index is 0.0539. The normalized spacial score (nSPS) is 13.6. The molecule has 0 bridgehead atoms. The Morgan fingerprint density at radius 3 is 2.77 bits per heavy atom. The van der Waals surface area contributed by atoms with Crippen LogP contribution in [0.2, 0.25) is 0 Å². The molecule has 0 spiro atoms. The van der Waals surface area contributed by atoms with Crippen LogP contribution in [0.3, 0.4) is 0 Å². The van der Waals surface area contributed by atoms with Crippen LogP contribution in [0.5, 0.6) is 0 Å². The van der Waals surface area contributed by atoms with Gasteiger partial charge in [0.1, 0.15) is 5.01 Å². The van der Waals surface area contributed by atoms with Crippen molar-refractivity contribution < 1.29 is 4.79 Å². The number of anilines is 1. The summed E-state index contributed by atoms with van der Waals surface area (Å²) in [6.07, 6.45) is 0.964. The van der Waals surface area contributed by atoms with Crippen LogP contribution in [0, 0.1) is 6.92 Å². The van der Waals surface area contributed by atoms with Gasteiger partial charge in [-0.2, -0.15) is 0 Å². The van der Waals surface area contributed by atoms with Crippen LogP contribution in [-0.2, 0) is 16.9 Å². The number of benzene rings is 1. The zero-order chi connectivity index (χ0) is 16.2. The Labute approximate surface area is 136 Å². The van der Waals surface area contributed by atoms with E-state index in [0.717, 1.165) is 34.9 Å². The Balaban J connectivity index is 2.09. The molecule has 5 heteroatoms. The molecule has 0 aliphatic heterocycles. The highest BCUT2D eigenvalue weighted by atomic mass is 32.1. The molecule has 22 heavy (non-hydrogen) atoms. The molecule has 118 valence electrons. The molecule has 0 aliphatic rings. The standard InChI is InChI=1S/C17H23N3OS/c1-5-17(4,16-19-12(2)11-22-16)18-10-14-7-6-8-15(9-14)20-13(3)21/h6-9,11,18H,5,10H2,1-4H3,(H,20,21)/t17-/m1/s1. The number of hydrogen-bond donors (Lipinski definition) is 2. The summed E-state index contributed by atoms with van der Waals surface area (Å²) in [5.41, 5.74) is 2.89. The number of hydrogen-bond acceptors (Lipinski definition) is 4. The molecule has 1 amide bonds. The summed E-state index contributed by atoms with van der Waals surface area (Å²) in [5, 5.41) is 9.62. The first-order valence-electron chi connectivity index (χ1n) is 7.47. The molecule has 0 radical (unpaired) electrons. The van der Waals surface area contributed by atoms with E-state index in [1.807, 2.05) is 25.1 Å². The predicted octanol–water partition coefficient (Wildman–Crippen LogP) is 3.82. The minimum Gasteiger partial charge on any atom is -0.326 e. The van der Waals surface area contributed by atoms with Gasteiger partial charge in [0.15, 0.2) is 0 Å². The van der Waals surface area contributed by atoms with Crippen LogP contribution in [-0.4, -0.2) is 10.9 Å². The topological polar surface area (TPSA) is 54.0 Å². The summed E-state index contributed by atoms with van der Waals surface area (Å²) in [4.78, 5) is 15.8. The van der Waals surface area contributed by atoms with Crippen molar-refractivity contribution in [2.24, 2.45) is 0 Å². The van der Waals surface area contributed by atoms with Crippen LogP contribution >= 0.6 is 11.3 Å². The van der Waals surface area contributed by atoms with Gasteiger partial charge >= 0.3 is 0 Å². The summed E-state index contributed by atoms with van der Waals surface area (Å²) in [5.74, 6) is -0.0539. The van der Waals surface area contributed by atoms with Crippen LogP contribution in [0.4, 0.5) is 5.69 Å². The molecule has 1 atom stereocenters. The molecule has 0 saturated heterocycles. The van der Waals surface area contributed by atoms with Gasteiger partial charge in [-0.25, -0.2) is 4.98 Å². The number of nitrogens with one attached hydrogen (secondary N) is 2. The first-order valence-corrected chi connectivity index (χ1v) is 8.35. The van der Waals surface area contributed by atoms with Gasteiger partial charge in [0.25, 0.3) is 0 Å². The van der Waals surface area contributed by atoms with E-state index >= 15 is 0 Å². The van der Waals surface area contributed by atoms with Gasteiger partial charge in [-0.05, 0) is 38.0 Å². The summed E-state index contributed by atoms with van der Waals surface area (Å²) in [6.45, 7) is 8.62. The Kier molecular flexibility index (Phi) is 5.32. The SMILES string of the molecule is CC[C@@](C)(NCc1cccc(NC(C)=O)c1)c1nc(C)cs1. The minimum atomic E-state index is -0.136. The van der Waals surface area contributed by atoms with E-state index in [2.05, 4.69) is 40.9 Å². The number of carbonyl (C=O) groups is 1. The zero-order valence-electron chi connectivity index (χ0n) is 13.6. The van der Waals surface area contributed by atoms with Crippen molar-refractivity contribution in [1.29, 1.82) is 0 Å². The van der Waals surface area contributed by atoms with Gasteiger partial charge < -0.3 is 10.6 Å². The Morgan fingerprint density at radius 2 is 2.18 bits per heavy atom. The van der Waals surface area contributed by atoms with Crippen LogP contribution in [0.15, 0.2) is 29.6 Å². The number of aromatic nitrogens is 1. The van der Waals surface area contributed by atoms with Gasteiger partial charge in [0.05, 0.1) is 5.54 Å². The lowest BCUT2D eigenvalue weighted by Crippen LogP contribution is -2.38. The average Bonchev–Trinajstić information content (AvgIpc) is 2.92. The molecule has 0 fully saturated rings. The third-order valence-electron chi connectivity index (χ3n) is 3.73. The molecule has 2 rings (SSSR count). The fourth-order valence-corrected chi connectivity index (χ4v) is 3.23. The summed E-state index contributed by atoms with van der Waals surface area (Å²) in [6, 6.07) is 7.91. The van der Waals surface area contributed by atoms with E-state index in [9.17, 15) is 4.79 Å². The summed E-state index contributed by atoms with van der Waals surface area (Å²) < 4.78 is 0. The van der Waals surface area contributed by atoms with Gasteiger partial charge in [-0.3, -0.25) is 4.79 Å². The predicted molar refractivity (Wildman–Crippen MR) is 92.1 cm³/mol. The lowest BCUT2D eigenvalue weighted by atomic mass is 9.99. The highest BCUT2D eigenvalue weighted by Crippen LogP contribution is 2.28. The molecule has 2 N–H and O–H groups in total. The van der Waals surface area contributed by atoms with Crippen molar-refractivity contribution in [3.8, 4) is 0 Å². The summed E-state index contributed by atoms with van der Waals surface area (Å²) in [7, 11) is 0. The highest BCUT2D eigenvalue weighted by Gasteiger charge is 2.27. The highest BCUT2D eigenvalue weighted by molar-refractivity contribution is 7.09. The molecule has 4 nitrogen and oxygen atoms in total. The number of thiazole rings is 1. The molecule has 0 unspecified atom stereocenters. The van der Waals surface area contributed by atoms with Crippen molar-refractivity contribution in [3.05, 3.63) is 45.9 Å². The lowest BCUT2D eigenvalue weighted by Gasteiger charge is -2.27. The van der Waals surface area contributed by atoms with E-state index in [1.54, 1.807) is 11.3 Å². The van der Waals surface area contributed by atoms with Gasteiger partial charge in [-0.15, -0.1) is 11.3 Å². The van der Waals surface area contributed by atoms with Gasteiger partial charge in [0.2, 0.25) is 5.91 Å². The second kappa shape index (κ2) is 7.03. The number of rotatable bonds is 6. The fourth-order valence-electron chi connectivity index (χ4n) is 2.22. The smallest absolute Gasteiger partial charge is 0.221 e. The second-order valence-corrected chi connectivity index (χ2v) is 6.57. The lowest BCUT2D eigenvalue weighted by molar-refractivity contribution is -0.114. The van der Waals surface area contributed by atoms with Gasteiger partial charge in [-0.1, -0.05) is 19.1 Å². The maximum absolute atomic E-state index is 11.1. The average molecular weight is 317 g/mol. The molecule has 2 aromatic rings. The van der Waals surface area contributed by atoms with Crippen LogP contribution in [0.25, 0.3) is 0 Å². The van der Waals surface area contributed by atoms with Crippen molar-refractivity contribution in [2.75, 3.05) is 5.32 Å². The second-order valence-electron chi connectivity index (χ2n) is 5.71. The molecule has 0 aliphatic carbocycles. The summed E-state index contributed by atoms with van der Waals surface area (Å²) >= 11 is 1.70. The zero-order valence-corrected chi connectivity index (χ0v) is 14.4. The van der Waals surface area contributed by atoms with E-state index in [4.69, 9.17) is 0 Å². The molecule has 1 aromatic carbocycles.